The van der Waals surface area contributed by atoms with E-state index in [0.29, 0.717) is 31.2 Å². The summed E-state index contributed by atoms with van der Waals surface area (Å²) in [7, 11) is 5.16. The Morgan fingerprint density at radius 1 is 1.04 bits per heavy atom. The zero-order valence-electron chi connectivity index (χ0n) is 16.1. The maximum Gasteiger partial charge on any atom is 0.253 e. The number of nitrogens with one attached hydrogen (secondary N) is 3. The van der Waals surface area contributed by atoms with Gasteiger partial charge in [0.25, 0.3) is 5.91 Å². The predicted octanol–water partition coefficient (Wildman–Crippen LogP) is 1.44. The summed E-state index contributed by atoms with van der Waals surface area (Å²) >= 11 is 0. The van der Waals surface area contributed by atoms with E-state index in [4.69, 9.17) is 0 Å². The van der Waals surface area contributed by atoms with Gasteiger partial charge in [0.15, 0.2) is 5.96 Å². The number of aliphatic imine (C=N–C) groups is 1. The molecule has 0 bridgehead atoms. The van der Waals surface area contributed by atoms with Crippen LogP contribution in [0.1, 0.15) is 29.8 Å². The summed E-state index contributed by atoms with van der Waals surface area (Å²) in [6.45, 7) is 5.45. The first-order valence-corrected chi connectivity index (χ1v) is 8.38. The van der Waals surface area contributed by atoms with Crippen LogP contribution in [0.2, 0.25) is 0 Å². The van der Waals surface area contributed by atoms with Crippen LogP contribution in [0.25, 0.3) is 0 Å². The van der Waals surface area contributed by atoms with Crippen LogP contribution >= 0.6 is 24.0 Å². The van der Waals surface area contributed by atoms with E-state index >= 15 is 0 Å². The van der Waals surface area contributed by atoms with Crippen LogP contribution in [0, 0.1) is 5.92 Å². The lowest BCUT2D eigenvalue weighted by molar-refractivity contribution is -0.123. The number of hydrogen-bond donors (Lipinski definition) is 3. The van der Waals surface area contributed by atoms with Gasteiger partial charge in [0.2, 0.25) is 5.91 Å². The Balaban J connectivity index is 0.00000625. The zero-order valence-corrected chi connectivity index (χ0v) is 18.5. The van der Waals surface area contributed by atoms with Gasteiger partial charge < -0.3 is 20.9 Å². The minimum atomic E-state index is -0.0141. The molecular formula is C18H30IN5O2. The molecule has 0 saturated heterocycles. The first kappa shape index (κ1) is 24.2. The molecule has 0 aromatic heterocycles. The number of amides is 2. The maximum absolute atomic E-state index is 11.9. The quantitative estimate of drug-likeness (QED) is 0.241. The highest BCUT2D eigenvalue weighted by Crippen LogP contribution is 2.06. The third-order valence-electron chi connectivity index (χ3n) is 3.53. The van der Waals surface area contributed by atoms with Gasteiger partial charge in [-0.1, -0.05) is 26.0 Å². The number of carbonyl (C=O) groups is 2. The second-order valence-corrected chi connectivity index (χ2v) is 6.19. The van der Waals surface area contributed by atoms with Crippen molar-refractivity contribution in [1.82, 2.24) is 20.9 Å². The molecular weight excluding hydrogens is 445 g/mol. The van der Waals surface area contributed by atoms with E-state index in [1.54, 1.807) is 26.0 Å². The lowest BCUT2D eigenvalue weighted by atomic mass is 10.1. The smallest absolute Gasteiger partial charge is 0.253 e. The Labute approximate surface area is 173 Å². The minimum absolute atomic E-state index is 0. The average molecular weight is 475 g/mol. The van der Waals surface area contributed by atoms with Gasteiger partial charge in [-0.15, -0.1) is 24.0 Å². The predicted molar refractivity (Wildman–Crippen MR) is 116 cm³/mol. The van der Waals surface area contributed by atoms with E-state index < -0.39 is 0 Å². The molecule has 0 atom stereocenters. The first-order valence-electron chi connectivity index (χ1n) is 8.38. The van der Waals surface area contributed by atoms with Crippen LogP contribution in [0.4, 0.5) is 0 Å². The SMILES string of the molecule is CN=C(NCCNC(=O)C(C)C)NCc1ccc(C(=O)N(C)C)cc1.I. The number of hydrogen-bond acceptors (Lipinski definition) is 3. The molecule has 0 aliphatic heterocycles. The first-order chi connectivity index (χ1) is 11.8. The van der Waals surface area contributed by atoms with Gasteiger partial charge in [0.05, 0.1) is 0 Å². The molecule has 0 spiro atoms. The van der Waals surface area contributed by atoms with Crippen molar-refractivity contribution in [3.63, 3.8) is 0 Å². The minimum Gasteiger partial charge on any atom is -0.355 e. The second kappa shape index (κ2) is 12.5. The van der Waals surface area contributed by atoms with Crippen LogP contribution in [-0.4, -0.2) is 56.9 Å². The number of guanidine groups is 1. The lowest BCUT2D eigenvalue weighted by Crippen LogP contribution is -2.41. The van der Waals surface area contributed by atoms with Crippen molar-refractivity contribution in [3.05, 3.63) is 35.4 Å². The van der Waals surface area contributed by atoms with Crippen molar-refractivity contribution in [3.8, 4) is 0 Å². The molecule has 1 rings (SSSR count). The molecule has 0 saturated carbocycles. The van der Waals surface area contributed by atoms with E-state index in [1.165, 1.54) is 0 Å². The van der Waals surface area contributed by atoms with Crippen molar-refractivity contribution in [1.29, 1.82) is 0 Å². The molecule has 8 heteroatoms. The van der Waals surface area contributed by atoms with E-state index in [0.717, 1.165) is 5.56 Å². The van der Waals surface area contributed by atoms with E-state index in [-0.39, 0.29) is 41.7 Å². The molecule has 1 aromatic carbocycles. The summed E-state index contributed by atoms with van der Waals surface area (Å²) in [5, 5.41) is 9.18. The van der Waals surface area contributed by atoms with E-state index in [1.807, 2.05) is 38.1 Å². The Morgan fingerprint density at radius 2 is 1.62 bits per heavy atom. The topological polar surface area (TPSA) is 85.8 Å². The maximum atomic E-state index is 11.9. The lowest BCUT2D eigenvalue weighted by Gasteiger charge is -2.14. The van der Waals surface area contributed by atoms with Crippen molar-refractivity contribution in [2.75, 3.05) is 34.2 Å². The van der Waals surface area contributed by atoms with Gasteiger partial charge in [-0.3, -0.25) is 14.6 Å². The Morgan fingerprint density at radius 3 is 2.12 bits per heavy atom. The highest BCUT2D eigenvalue weighted by Gasteiger charge is 2.07. The number of benzene rings is 1. The molecule has 3 N–H and O–H groups in total. The molecule has 0 fully saturated rings. The average Bonchev–Trinajstić information content (AvgIpc) is 2.60. The number of carbonyl (C=O) groups excluding carboxylic acids is 2. The summed E-state index contributed by atoms with van der Waals surface area (Å²) in [6, 6.07) is 7.47. The summed E-state index contributed by atoms with van der Waals surface area (Å²) in [6.07, 6.45) is 0. The van der Waals surface area contributed by atoms with E-state index in [9.17, 15) is 9.59 Å². The zero-order chi connectivity index (χ0) is 18.8. The summed E-state index contributed by atoms with van der Waals surface area (Å²) in [5.74, 6) is 0.671. The van der Waals surface area contributed by atoms with Crippen molar-refractivity contribution in [2.45, 2.75) is 20.4 Å². The van der Waals surface area contributed by atoms with Gasteiger partial charge >= 0.3 is 0 Å². The van der Waals surface area contributed by atoms with Gasteiger partial charge in [0, 0.05) is 52.3 Å². The van der Waals surface area contributed by atoms with Gasteiger partial charge in [-0.25, -0.2) is 0 Å². The molecule has 0 heterocycles. The van der Waals surface area contributed by atoms with Crippen LogP contribution in [0.3, 0.4) is 0 Å². The molecule has 26 heavy (non-hydrogen) atoms. The largest absolute Gasteiger partial charge is 0.355 e. The fraction of sp³-hybridized carbons (Fsp3) is 0.500. The summed E-state index contributed by atoms with van der Waals surface area (Å²) in [5.41, 5.74) is 1.71. The molecule has 0 aliphatic carbocycles. The normalized spacial score (nSPS) is 10.8. The Hall–Kier alpha value is -1.84. The third-order valence-corrected chi connectivity index (χ3v) is 3.53. The molecule has 1 aromatic rings. The van der Waals surface area contributed by atoms with Crippen LogP contribution in [0.5, 0.6) is 0 Å². The number of halogens is 1. The van der Waals surface area contributed by atoms with Gasteiger partial charge in [-0.05, 0) is 17.7 Å². The van der Waals surface area contributed by atoms with Crippen LogP contribution in [-0.2, 0) is 11.3 Å². The van der Waals surface area contributed by atoms with Gasteiger partial charge in [-0.2, -0.15) is 0 Å². The third kappa shape index (κ3) is 8.50. The van der Waals surface area contributed by atoms with Crippen LogP contribution < -0.4 is 16.0 Å². The Kier molecular flexibility index (Phi) is 11.6. The molecule has 2 amide bonds. The summed E-state index contributed by atoms with van der Waals surface area (Å²) in [4.78, 5) is 29.0. The van der Waals surface area contributed by atoms with Crippen molar-refractivity contribution < 1.29 is 9.59 Å². The monoisotopic (exact) mass is 475 g/mol. The molecule has 7 nitrogen and oxygen atoms in total. The number of nitrogens with zero attached hydrogens (tertiary/aromatic N) is 2. The van der Waals surface area contributed by atoms with E-state index in [2.05, 4.69) is 20.9 Å². The fourth-order valence-corrected chi connectivity index (χ4v) is 2.00. The molecule has 146 valence electrons. The standard InChI is InChI=1S/C18H29N5O2.HI/c1-13(2)16(24)20-10-11-21-18(19-3)22-12-14-6-8-15(9-7-14)17(25)23(4)5;/h6-9,13H,10-12H2,1-5H3,(H,20,24)(H2,19,21,22);1H. The molecule has 0 radical (unpaired) electrons. The second-order valence-electron chi connectivity index (χ2n) is 6.19. The highest BCUT2D eigenvalue weighted by molar-refractivity contribution is 14.0. The Bertz CT molecular complexity index is 600. The highest BCUT2D eigenvalue weighted by atomic mass is 127. The van der Waals surface area contributed by atoms with Crippen molar-refractivity contribution in [2.24, 2.45) is 10.9 Å². The van der Waals surface area contributed by atoms with Gasteiger partial charge in [0.1, 0.15) is 0 Å². The van der Waals surface area contributed by atoms with Crippen LogP contribution in [0.15, 0.2) is 29.3 Å². The number of rotatable bonds is 7. The molecule has 0 unspecified atom stereocenters. The summed E-state index contributed by atoms with van der Waals surface area (Å²) < 4.78 is 0. The molecule has 0 aliphatic rings. The fourth-order valence-electron chi connectivity index (χ4n) is 2.00. The van der Waals surface area contributed by atoms with Crippen molar-refractivity contribution >= 4 is 41.8 Å².